The van der Waals surface area contributed by atoms with E-state index in [4.69, 9.17) is 4.74 Å². The van der Waals surface area contributed by atoms with Gasteiger partial charge in [0.2, 0.25) is 0 Å². The molecule has 2 saturated heterocycles. The first-order valence-electron chi connectivity index (χ1n) is 9.51. The van der Waals surface area contributed by atoms with Gasteiger partial charge in [0.1, 0.15) is 5.60 Å². The highest BCUT2D eigenvalue weighted by Crippen LogP contribution is 2.34. The standard InChI is InChI=1S/C21H26N4O2/c1-21(2,3)27-20(26)25-13-16-11-24(12-17(16)14-25)19-10-9-18(22-23-19)15-7-5-4-6-8-15/h4-10,16-17H,11-14H2,1-3H3/t16-,17-/m1/s1. The molecule has 142 valence electrons. The fraction of sp³-hybridized carbons (Fsp3) is 0.476. The van der Waals surface area contributed by atoms with Crippen molar-refractivity contribution in [2.45, 2.75) is 26.4 Å². The summed E-state index contributed by atoms with van der Waals surface area (Å²) in [5.74, 6) is 1.84. The van der Waals surface area contributed by atoms with Crippen LogP contribution in [-0.2, 0) is 4.74 Å². The second-order valence-electron chi connectivity index (χ2n) is 8.45. The highest BCUT2D eigenvalue weighted by atomic mass is 16.6. The van der Waals surface area contributed by atoms with Gasteiger partial charge in [-0.25, -0.2) is 4.79 Å². The lowest BCUT2D eigenvalue weighted by molar-refractivity contribution is 0.0282. The Morgan fingerprint density at radius 1 is 0.963 bits per heavy atom. The molecule has 1 aromatic heterocycles. The van der Waals surface area contributed by atoms with E-state index in [0.29, 0.717) is 11.8 Å². The van der Waals surface area contributed by atoms with Crippen LogP contribution < -0.4 is 4.90 Å². The average Bonchev–Trinajstić information content (AvgIpc) is 3.20. The molecule has 0 aliphatic carbocycles. The Morgan fingerprint density at radius 2 is 1.63 bits per heavy atom. The first kappa shape index (κ1) is 17.8. The van der Waals surface area contributed by atoms with Crippen molar-refractivity contribution in [2.24, 2.45) is 11.8 Å². The molecule has 0 bridgehead atoms. The van der Waals surface area contributed by atoms with Crippen molar-refractivity contribution in [1.82, 2.24) is 15.1 Å². The molecule has 2 fully saturated rings. The molecule has 2 aromatic rings. The van der Waals surface area contributed by atoms with Crippen LogP contribution in [0.1, 0.15) is 20.8 Å². The third-order valence-electron chi connectivity index (χ3n) is 5.18. The fourth-order valence-electron chi connectivity index (χ4n) is 3.91. The van der Waals surface area contributed by atoms with Gasteiger partial charge in [-0.2, -0.15) is 0 Å². The molecule has 6 nitrogen and oxygen atoms in total. The number of carbonyl (C=O) groups is 1. The number of carbonyl (C=O) groups excluding carboxylic acids is 1. The minimum absolute atomic E-state index is 0.199. The lowest BCUT2D eigenvalue weighted by atomic mass is 10.0. The summed E-state index contributed by atoms with van der Waals surface area (Å²) in [6, 6.07) is 14.1. The molecule has 6 heteroatoms. The van der Waals surface area contributed by atoms with Gasteiger partial charge in [0.05, 0.1) is 5.69 Å². The predicted molar refractivity (Wildman–Crippen MR) is 104 cm³/mol. The molecule has 0 saturated carbocycles. The molecule has 0 spiro atoms. The van der Waals surface area contributed by atoms with Crippen LogP contribution in [0, 0.1) is 11.8 Å². The van der Waals surface area contributed by atoms with Gasteiger partial charge < -0.3 is 14.5 Å². The second-order valence-corrected chi connectivity index (χ2v) is 8.45. The van der Waals surface area contributed by atoms with Crippen LogP contribution in [0.5, 0.6) is 0 Å². The predicted octanol–water partition coefficient (Wildman–Crippen LogP) is 3.45. The SMILES string of the molecule is CC(C)(C)OC(=O)N1C[C@H]2CN(c3ccc(-c4ccccc4)nn3)C[C@@H]2C1. The molecule has 1 aromatic carbocycles. The zero-order valence-electron chi connectivity index (χ0n) is 16.1. The molecule has 1 amide bonds. The molecular weight excluding hydrogens is 340 g/mol. The number of amides is 1. The summed E-state index contributed by atoms with van der Waals surface area (Å²) in [4.78, 5) is 16.4. The van der Waals surface area contributed by atoms with Crippen molar-refractivity contribution in [2.75, 3.05) is 31.1 Å². The van der Waals surface area contributed by atoms with Crippen molar-refractivity contribution in [1.29, 1.82) is 0 Å². The Bertz CT molecular complexity index is 787. The van der Waals surface area contributed by atoms with E-state index in [1.807, 2.05) is 68.1 Å². The van der Waals surface area contributed by atoms with E-state index >= 15 is 0 Å². The largest absolute Gasteiger partial charge is 0.444 e. The van der Waals surface area contributed by atoms with Crippen LogP contribution in [-0.4, -0.2) is 53.0 Å². The van der Waals surface area contributed by atoms with Crippen LogP contribution in [0.4, 0.5) is 10.6 Å². The van der Waals surface area contributed by atoms with Gasteiger partial charge in [-0.05, 0) is 32.9 Å². The van der Waals surface area contributed by atoms with Crippen molar-refractivity contribution in [3.05, 3.63) is 42.5 Å². The zero-order chi connectivity index (χ0) is 19.0. The number of benzene rings is 1. The number of fused-ring (bicyclic) bond motifs is 1. The molecule has 2 aliphatic rings. The van der Waals surface area contributed by atoms with E-state index in [9.17, 15) is 4.79 Å². The second kappa shape index (κ2) is 6.83. The minimum atomic E-state index is -0.448. The number of rotatable bonds is 2. The average molecular weight is 366 g/mol. The highest BCUT2D eigenvalue weighted by molar-refractivity contribution is 5.68. The van der Waals surface area contributed by atoms with E-state index in [1.54, 1.807) is 0 Å². The van der Waals surface area contributed by atoms with Crippen LogP contribution in [0.3, 0.4) is 0 Å². The van der Waals surface area contributed by atoms with E-state index in [0.717, 1.165) is 43.3 Å². The van der Waals surface area contributed by atoms with Crippen molar-refractivity contribution in [3.63, 3.8) is 0 Å². The molecular formula is C21H26N4O2. The van der Waals surface area contributed by atoms with Gasteiger partial charge in [0, 0.05) is 43.6 Å². The number of aromatic nitrogens is 2. The van der Waals surface area contributed by atoms with Crippen LogP contribution in [0.2, 0.25) is 0 Å². The number of hydrogen-bond acceptors (Lipinski definition) is 5. The van der Waals surface area contributed by atoms with Crippen molar-refractivity contribution >= 4 is 11.9 Å². The molecule has 2 atom stereocenters. The minimum Gasteiger partial charge on any atom is -0.444 e. The molecule has 0 N–H and O–H groups in total. The first-order chi connectivity index (χ1) is 12.9. The maximum Gasteiger partial charge on any atom is 0.410 e. The topological polar surface area (TPSA) is 58.6 Å². The fourth-order valence-corrected chi connectivity index (χ4v) is 3.91. The van der Waals surface area contributed by atoms with E-state index in [1.165, 1.54) is 0 Å². The smallest absolute Gasteiger partial charge is 0.410 e. The van der Waals surface area contributed by atoms with E-state index in [-0.39, 0.29) is 6.09 Å². The van der Waals surface area contributed by atoms with E-state index in [2.05, 4.69) is 15.1 Å². The van der Waals surface area contributed by atoms with Crippen molar-refractivity contribution in [3.8, 4) is 11.3 Å². The van der Waals surface area contributed by atoms with Crippen LogP contribution in [0.15, 0.2) is 42.5 Å². The molecule has 27 heavy (non-hydrogen) atoms. The summed E-state index contributed by atoms with van der Waals surface area (Å²) < 4.78 is 5.50. The van der Waals surface area contributed by atoms with Gasteiger partial charge in [-0.15, -0.1) is 10.2 Å². The summed E-state index contributed by atoms with van der Waals surface area (Å²) in [6.45, 7) is 9.04. The number of anilines is 1. The summed E-state index contributed by atoms with van der Waals surface area (Å²) in [6.07, 6.45) is -0.199. The zero-order valence-corrected chi connectivity index (χ0v) is 16.1. The van der Waals surface area contributed by atoms with E-state index < -0.39 is 5.60 Å². The van der Waals surface area contributed by atoms with Gasteiger partial charge in [0.15, 0.2) is 5.82 Å². The molecule has 0 unspecified atom stereocenters. The Kier molecular flexibility index (Phi) is 4.50. The third-order valence-corrected chi connectivity index (χ3v) is 5.18. The summed E-state index contributed by atoms with van der Waals surface area (Å²) in [5, 5.41) is 8.83. The van der Waals surface area contributed by atoms with Crippen LogP contribution >= 0.6 is 0 Å². The Balaban J connectivity index is 1.37. The molecule has 3 heterocycles. The summed E-state index contributed by atoms with van der Waals surface area (Å²) in [5.41, 5.74) is 1.51. The Morgan fingerprint density at radius 3 is 2.19 bits per heavy atom. The quantitative estimate of drug-likeness (QED) is 0.815. The monoisotopic (exact) mass is 366 g/mol. The van der Waals surface area contributed by atoms with Gasteiger partial charge >= 0.3 is 6.09 Å². The van der Waals surface area contributed by atoms with Crippen molar-refractivity contribution < 1.29 is 9.53 Å². The van der Waals surface area contributed by atoms with Crippen LogP contribution in [0.25, 0.3) is 11.3 Å². The maximum absolute atomic E-state index is 12.3. The number of hydrogen-bond donors (Lipinski definition) is 0. The summed E-state index contributed by atoms with van der Waals surface area (Å²) >= 11 is 0. The number of nitrogens with zero attached hydrogens (tertiary/aromatic N) is 4. The normalized spacial score (nSPS) is 22.0. The first-order valence-corrected chi connectivity index (χ1v) is 9.51. The maximum atomic E-state index is 12.3. The number of ether oxygens (including phenoxy) is 1. The molecule has 4 rings (SSSR count). The molecule has 0 radical (unpaired) electrons. The molecule has 2 aliphatic heterocycles. The van der Waals surface area contributed by atoms with Gasteiger partial charge in [-0.3, -0.25) is 0 Å². The highest BCUT2D eigenvalue weighted by Gasteiger charge is 2.43. The van der Waals surface area contributed by atoms with Gasteiger partial charge in [0.25, 0.3) is 0 Å². The lowest BCUT2D eigenvalue weighted by Crippen LogP contribution is -2.37. The summed E-state index contributed by atoms with van der Waals surface area (Å²) in [7, 11) is 0. The van der Waals surface area contributed by atoms with Gasteiger partial charge in [-0.1, -0.05) is 30.3 Å². The Hall–Kier alpha value is -2.63. The Labute approximate surface area is 160 Å². The lowest BCUT2D eigenvalue weighted by Gasteiger charge is -2.26. The number of likely N-dealkylation sites (tertiary alicyclic amines) is 1. The third kappa shape index (κ3) is 3.89.